The van der Waals surface area contributed by atoms with Crippen molar-refractivity contribution in [1.29, 1.82) is 5.26 Å². The fourth-order valence-corrected chi connectivity index (χ4v) is 3.63. The maximum absolute atomic E-state index is 12.9. The zero-order chi connectivity index (χ0) is 16.3. The molecule has 0 spiro atoms. The molecule has 1 aromatic rings. The van der Waals surface area contributed by atoms with Crippen molar-refractivity contribution in [2.24, 2.45) is 0 Å². The Kier molecular flexibility index (Phi) is 5.36. The number of sulfonamides is 1. The molecule has 21 heavy (non-hydrogen) atoms. The summed E-state index contributed by atoms with van der Waals surface area (Å²) in [7, 11) is -4.13. The van der Waals surface area contributed by atoms with Gasteiger partial charge in [-0.05, 0) is 31.0 Å². The van der Waals surface area contributed by atoms with Crippen LogP contribution in [-0.2, 0) is 16.2 Å². The van der Waals surface area contributed by atoms with Crippen molar-refractivity contribution in [1.82, 2.24) is 4.31 Å². The van der Waals surface area contributed by atoms with Crippen LogP contribution in [0.25, 0.3) is 0 Å². The van der Waals surface area contributed by atoms with Crippen LogP contribution in [0.2, 0.25) is 0 Å². The molecule has 0 amide bonds. The van der Waals surface area contributed by atoms with Gasteiger partial charge in [-0.15, -0.1) is 0 Å². The van der Waals surface area contributed by atoms with Gasteiger partial charge in [0.15, 0.2) is 0 Å². The van der Waals surface area contributed by atoms with Crippen molar-refractivity contribution in [3.63, 3.8) is 0 Å². The first-order valence-electron chi connectivity index (χ1n) is 6.20. The number of hydrogen-bond acceptors (Lipinski definition) is 3. The van der Waals surface area contributed by atoms with Crippen molar-refractivity contribution < 1.29 is 21.6 Å². The van der Waals surface area contributed by atoms with Gasteiger partial charge >= 0.3 is 6.18 Å². The van der Waals surface area contributed by atoms with Crippen LogP contribution in [-0.4, -0.2) is 25.8 Å². The highest BCUT2D eigenvalue weighted by molar-refractivity contribution is 7.89. The molecule has 116 valence electrons. The third-order valence-electron chi connectivity index (χ3n) is 2.93. The summed E-state index contributed by atoms with van der Waals surface area (Å²) in [4.78, 5) is -0.416. The molecule has 0 aliphatic rings. The number of nitriles is 1. The second-order valence-corrected chi connectivity index (χ2v) is 6.33. The number of alkyl halides is 3. The molecular formula is C13H15F3N2O2S. The maximum atomic E-state index is 12.9. The third-order valence-corrected chi connectivity index (χ3v) is 4.92. The van der Waals surface area contributed by atoms with E-state index in [1.807, 2.05) is 0 Å². The van der Waals surface area contributed by atoms with E-state index in [0.29, 0.717) is 6.42 Å². The van der Waals surface area contributed by atoms with Crippen molar-refractivity contribution in [2.75, 3.05) is 13.1 Å². The van der Waals surface area contributed by atoms with Gasteiger partial charge in [0.25, 0.3) is 0 Å². The molecule has 0 radical (unpaired) electrons. The largest absolute Gasteiger partial charge is 0.416 e. The molecule has 0 aromatic heterocycles. The van der Waals surface area contributed by atoms with Crippen LogP contribution in [0.3, 0.4) is 0 Å². The topological polar surface area (TPSA) is 61.2 Å². The minimum Gasteiger partial charge on any atom is -0.207 e. The Balaban J connectivity index is 3.42. The highest BCUT2D eigenvalue weighted by Crippen LogP contribution is 2.34. The van der Waals surface area contributed by atoms with Gasteiger partial charge in [0.1, 0.15) is 6.54 Å². The Labute approximate surface area is 121 Å². The first kappa shape index (κ1) is 17.5. The summed E-state index contributed by atoms with van der Waals surface area (Å²) in [6.45, 7) is 2.52. The van der Waals surface area contributed by atoms with Gasteiger partial charge in [-0.25, -0.2) is 8.42 Å². The van der Waals surface area contributed by atoms with E-state index >= 15 is 0 Å². The Morgan fingerprint density at radius 3 is 2.43 bits per heavy atom. The summed E-state index contributed by atoms with van der Waals surface area (Å²) in [6, 6.07) is 4.73. The van der Waals surface area contributed by atoms with E-state index in [1.165, 1.54) is 0 Å². The van der Waals surface area contributed by atoms with Gasteiger partial charge in [0.2, 0.25) is 10.0 Å². The molecule has 0 atom stereocenters. The lowest BCUT2D eigenvalue weighted by molar-refractivity contribution is -0.138. The van der Waals surface area contributed by atoms with Crippen LogP contribution in [0, 0.1) is 18.3 Å². The first-order valence-corrected chi connectivity index (χ1v) is 7.64. The second kappa shape index (κ2) is 6.45. The minimum absolute atomic E-state index is 0.0750. The zero-order valence-electron chi connectivity index (χ0n) is 11.6. The molecule has 0 bridgehead atoms. The number of hydrogen-bond donors (Lipinski definition) is 0. The molecule has 0 aliphatic carbocycles. The predicted octanol–water partition coefficient (Wildman–Crippen LogP) is 2.94. The standard InChI is InChI=1S/C13H15F3N2O2S/c1-3-8-18(9-7-17)21(19,20)12-6-4-5-11(10(12)2)13(14,15)16/h4-6H,3,8-9H2,1-2H3. The molecular weight excluding hydrogens is 305 g/mol. The SMILES string of the molecule is CCCN(CC#N)S(=O)(=O)c1cccc(C(F)(F)F)c1C. The van der Waals surface area contributed by atoms with Crippen LogP contribution in [0.15, 0.2) is 23.1 Å². The molecule has 4 nitrogen and oxygen atoms in total. The monoisotopic (exact) mass is 320 g/mol. The quantitative estimate of drug-likeness (QED) is 0.784. The highest BCUT2D eigenvalue weighted by Gasteiger charge is 2.35. The third kappa shape index (κ3) is 3.74. The fourth-order valence-electron chi connectivity index (χ4n) is 1.95. The Morgan fingerprint density at radius 2 is 1.95 bits per heavy atom. The van der Waals surface area contributed by atoms with Gasteiger partial charge in [-0.1, -0.05) is 13.0 Å². The van der Waals surface area contributed by atoms with E-state index in [1.54, 1.807) is 13.0 Å². The lowest BCUT2D eigenvalue weighted by Gasteiger charge is -2.21. The Bertz CT molecular complexity index is 648. The first-order chi connectivity index (χ1) is 9.66. The van der Waals surface area contributed by atoms with E-state index < -0.39 is 33.2 Å². The molecule has 0 fully saturated rings. The zero-order valence-corrected chi connectivity index (χ0v) is 12.4. The van der Waals surface area contributed by atoms with Crippen LogP contribution >= 0.6 is 0 Å². The molecule has 1 aromatic carbocycles. The van der Waals surface area contributed by atoms with E-state index in [2.05, 4.69) is 0 Å². The number of benzene rings is 1. The van der Waals surface area contributed by atoms with Crippen LogP contribution < -0.4 is 0 Å². The van der Waals surface area contributed by atoms with Gasteiger partial charge in [0.05, 0.1) is 16.5 Å². The van der Waals surface area contributed by atoms with Gasteiger partial charge in [-0.2, -0.15) is 22.7 Å². The lowest BCUT2D eigenvalue weighted by atomic mass is 10.1. The molecule has 0 aliphatic heterocycles. The van der Waals surface area contributed by atoms with Crippen molar-refractivity contribution in [3.8, 4) is 6.07 Å². The van der Waals surface area contributed by atoms with Gasteiger partial charge in [-0.3, -0.25) is 0 Å². The number of nitrogens with zero attached hydrogens (tertiary/aromatic N) is 2. The summed E-state index contributed by atoms with van der Waals surface area (Å²) >= 11 is 0. The molecule has 0 saturated heterocycles. The molecule has 0 heterocycles. The normalized spacial score (nSPS) is 12.4. The molecule has 0 N–H and O–H groups in total. The van der Waals surface area contributed by atoms with Crippen LogP contribution in [0.4, 0.5) is 13.2 Å². The fraction of sp³-hybridized carbons (Fsp3) is 0.462. The maximum Gasteiger partial charge on any atom is 0.416 e. The molecule has 0 unspecified atom stereocenters. The van der Waals surface area contributed by atoms with Crippen LogP contribution in [0.1, 0.15) is 24.5 Å². The summed E-state index contributed by atoms with van der Waals surface area (Å²) in [6.07, 6.45) is -4.17. The second-order valence-electron chi connectivity index (χ2n) is 4.42. The number of halogens is 3. The summed E-state index contributed by atoms with van der Waals surface area (Å²) in [5.41, 5.74) is -1.35. The van der Waals surface area contributed by atoms with Crippen LogP contribution in [0.5, 0.6) is 0 Å². The summed E-state index contributed by atoms with van der Waals surface area (Å²) in [5.74, 6) is 0. The average Bonchev–Trinajstić information content (AvgIpc) is 2.37. The minimum atomic E-state index is -4.62. The lowest BCUT2D eigenvalue weighted by Crippen LogP contribution is -2.33. The molecule has 0 saturated carbocycles. The molecule has 1 rings (SSSR count). The Morgan fingerprint density at radius 1 is 1.33 bits per heavy atom. The predicted molar refractivity (Wildman–Crippen MR) is 70.8 cm³/mol. The highest BCUT2D eigenvalue weighted by atomic mass is 32.2. The van der Waals surface area contributed by atoms with Crippen molar-refractivity contribution in [2.45, 2.75) is 31.3 Å². The summed E-state index contributed by atoms with van der Waals surface area (Å²) < 4.78 is 64.3. The number of rotatable bonds is 5. The van der Waals surface area contributed by atoms with Gasteiger partial charge < -0.3 is 0 Å². The molecule has 8 heteroatoms. The van der Waals surface area contributed by atoms with Crippen molar-refractivity contribution in [3.05, 3.63) is 29.3 Å². The smallest absolute Gasteiger partial charge is 0.207 e. The van der Waals surface area contributed by atoms with E-state index in [9.17, 15) is 21.6 Å². The van der Waals surface area contributed by atoms with E-state index in [4.69, 9.17) is 5.26 Å². The van der Waals surface area contributed by atoms with E-state index in [0.717, 1.165) is 29.4 Å². The van der Waals surface area contributed by atoms with Crippen molar-refractivity contribution >= 4 is 10.0 Å². The van der Waals surface area contributed by atoms with E-state index in [-0.39, 0.29) is 12.1 Å². The van der Waals surface area contributed by atoms with Gasteiger partial charge in [0, 0.05) is 6.54 Å². The average molecular weight is 320 g/mol. The Hall–Kier alpha value is -1.59. The summed E-state index contributed by atoms with van der Waals surface area (Å²) in [5, 5.41) is 8.69.